The zero-order chi connectivity index (χ0) is 19.6. The molecule has 1 atom stereocenters. The highest BCUT2D eigenvalue weighted by Gasteiger charge is 2.47. The Bertz CT molecular complexity index is 633. The third kappa shape index (κ3) is 5.22. The van der Waals surface area contributed by atoms with Crippen molar-refractivity contribution in [1.29, 1.82) is 0 Å². The lowest BCUT2D eigenvalue weighted by molar-refractivity contribution is -0.156. The SMILES string of the molecule is NC1CCC(CCN2CCN(c3cccc(Cl)c3Cl)C(C(F)(F)F)C2)CC1. The lowest BCUT2D eigenvalue weighted by atomic mass is 9.84. The second-order valence-electron chi connectivity index (χ2n) is 7.69. The molecular formula is C19H26Cl2F3N3. The van der Waals surface area contributed by atoms with Crippen molar-refractivity contribution in [3.05, 3.63) is 28.2 Å². The molecular weight excluding hydrogens is 398 g/mol. The Balaban J connectivity index is 1.65. The smallest absolute Gasteiger partial charge is 0.356 e. The van der Waals surface area contributed by atoms with E-state index in [2.05, 4.69) is 0 Å². The van der Waals surface area contributed by atoms with E-state index < -0.39 is 12.2 Å². The Morgan fingerprint density at radius 2 is 1.78 bits per heavy atom. The maximum atomic E-state index is 13.8. The molecule has 1 saturated heterocycles. The highest BCUT2D eigenvalue weighted by atomic mass is 35.5. The molecule has 1 saturated carbocycles. The monoisotopic (exact) mass is 423 g/mol. The number of alkyl halides is 3. The van der Waals surface area contributed by atoms with Crippen LogP contribution in [0.25, 0.3) is 0 Å². The van der Waals surface area contributed by atoms with E-state index in [-0.39, 0.29) is 23.1 Å². The van der Waals surface area contributed by atoms with Crippen molar-refractivity contribution >= 4 is 28.9 Å². The molecule has 1 aliphatic heterocycles. The summed E-state index contributed by atoms with van der Waals surface area (Å²) in [5.41, 5.74) is 6.29. The zero-order valence-corrected chi connectivity index (χ0v) is 16.7. The molecule has 1 aliphatic carbocycles. The van der Waals surface area contributed by atoms with E-state index in [0.717, 1.165) is 32.1 Å². The molecule has 0 amide bonds. The van der Waals surface area contributed by atoms with Gasteiger partial charge in [0.1, 0.15) is 6.04 Å². The summed E-state index contributed by atoms with van der Waals surface area (Å²) in [6, 6.07) is 3.54. The van der Waals surface area contributed by atoms with Gasteiger partial charge >= 0.3 is 6.18 Å². The van der Waals surface area contributed by atoms with E-state index in [1.165, 1.54) is 4.90 Å². The number of halogens is 5. The molecule has 1 unspecified atom stereocenters. The van der Waals surface area contributed by atoms with E-state index in [0.29, 0.717) is 30.7 Å². The van der Waals surface area contributed by atoms with E-state index in [4.69, 9.17) is 28.9 Å². The Hall–Kier alpha value is -0.690. The Labute approximate surface area is 168 Å². The van der Waals surface area contributed by atoms with Gasteiger partial charge in [0.15, 0.2) is 0 Å². The van der Waals surface area contributed by atoms with E-state index in [1.807, 2.05) is 4.90 Å². The number of hydrogen-bond acceptors (Lipinski definition) is 3. The second kappa shape index (κ2) is 8.76. The number of rotatable bonds is 4. The molecule has 27 heavy (non-hydrogen) atoms. The molecule has 0 aromatic heterocycles. The first kappa shape index (κ1) is 21.0. The van der Waals surface area contributed by atoms with E-state index in [9.17, 15) is 13.2 Å². The van der Waals surface area contributed by atoms with Gasteiger partial charge in [0.25, 0.3) is 0 Å². The number of benzene rings is 1. The predicted molar refractivity (Wildman–Crippen MR) is 105 cm³/mol. The van der Waals surface area contributed by atoms with Crippen LogP contribution in [0, 0.1) is 5.92 Å². The van der Waals surface area contributed by atoms with Crippen LogP contribution in [0.3, 0.4) is 0 Å². The minimum absolute atomic E-state index is 0.0431. The molecule has 1 heterocycles. The minimum atomic E-state index is -4.33. The van der Waals surface area contributed by atoms with Crippen molar-refractivity contribution in [2.24, 2.45) is 11.7 Å². The summed E-state index contributed by atoms with van der Waals surface area (Å²) in [6.07, 6.45) is 0.828. The molecule has 3 nitrogen and oxygen atoms in total. The zero-order valence-electron chi connectivity index (χ0n) is 15.2. The van der Waals surface area contributed by atoms with Crippen molar-refractivity contribution in [2.75, 3.05) is 31.1 Å². The van der Waals surface area contributed by atoms with Crippen LogP contribution in [0.2, 0.25) is 10.0 Å². The molecule has 0 spiro atoms. The quantitative estimate of drug-likeness (QED) is 0.742. The Kier molecular flexibility index (Phi) is 6.83. The molecule has 0 radical (unpaired) electrons. The summed E-state index contributed by atoms with van der Waals surface area (Å²) < 4.78 is 41.3. The van der Waals surface area contributed by atoms with Crippen LogP contribution in [0.4, 0.5) is 18.9 Å². The first-order chi connectivity index (χ1) is 12.8. The molecule has 152 valence electrons. The van der Waals surface area contributed by atoms with Gasteiger partial charge in [-0.1, -0.05) is 29.3 Å². The fourth-order valence-corrected chi connectivity index (χ4v) is 4.57. The van der Waals surface area contributed by atoms with Crippen LogP contribution in [0.5, 0.6) is 0 Å². The highest BCUT2D eigenvalue weighted by molar-refractivity contribution is 6.43. The summed E-state index contributed by atoms with van der Waals surface area (Å²) in [4.78, 5) is 3.28. The third-order valence-corrected chi connectivity index (χ3v) is 6.64. The highest BCUT2D eigenvalue weighted by Crippen LogP contribution is 2.38. The molecule has 2 aliphatic rings. The Morgan fingerprint density at radius 1 is 1.07 bits per heavy atom. The summed E-state index contributed by atoms with van der Waals surface area (Å²) >= 11 is 12.2. The van der Waals surface area contributed by atoms with Gasteiger partial charge in [0.2, 0.25) is 0 Å². The molecule has 2 N–H and O–H groups in total. The van der Waals surface area contributed by atoms with Crippen LogP contribution >= 0.6 is 23.2 Å². The molecule has 8 heteroatoms. The van der Waals surface area contributed by atoms with E-state index in [1.54, 1.807) is 18.2 Å². The maximum Gasteiger partial charge on any atom is 0.409 e. The average molecular weight is 424 g/mol. The first-order valence-electron chi connectivity index (χ1n) is 9.51. The number of nitrogens with two attached hydrogens (primary N) is 1. The summed E-state index contributed by atoms with van der Waals surface area (Å²) in [6.45, 7) is 1.52. The van der Waals surface area contributed by atoms with Crippen molar-refractivity contribution < 1.29 is 13.2 Å². The summed E-state index contributed by atoms with van der Waals surface area (Å²) in [5, 5.41) is 0.452. The van der Waals surface area contributed by atoms with Crippen molar-refractivity contribution in [2.45, 2.75) is 50.4 Å². The van der Waals surface area contributed by atoms with Crippen LogP contribution < -0.4 is 10.6 Å². The number of hydrogen-bond donors (Lipinski definition) is 1. The van der Waals surface area contributed by atoms with Gasteiger partial charge in [-0.3, -0.25) is 4.90 Å². The average Bonchev–Trinajstić information content (AvgIpc) is 2.63. The standard InChI is InChI=1S/C19H26Cl2F3N3/c20-15-2-1-3-16(18(15)21)27-11-10-26(12-17(27)19(22,23)24)9-8-13-4-6-14(25)7-5-13/h1-3,13-14,17H,4-12,25H2. The summed E-state index contributed by atoms with van der Waals surface area (Å²) in [5.74, 6) is 0.578. The summed E-state index contributed by atoms with van der Waals surface area (Å²) in [7, 11) is 0. The number of anilines is 1. The topological polar surface area (TPSA) is 32.5 Å². The van der Waals surface area contributed by atoms with Crippen LogP contribution in [0.15, 0.2) is 18.2 Å². The third-order valence-electron chi connectivity index (χ3n) is 5.83. The van der Waals surface area contributed by atoms with Gasteiger partial charge in [-0.2, -0.15) is 13.2 Å². The normalized spacial score (nSPS) is 27.8. The van der Waals surface area contributed by atoms with Crippen molar-refractivity contribution in [3.63, 3.8) is 0 Å². The van der Waals surface area contributed by atoms with Crippen LogP contribution in [-0.4, -0.2) is 49.3 Å². The molecule has 3 rings (SSSR count). The maximum absolute atomic E-state index is 13.8. The lowest BCUT2D eigenvalue weighted by Crippen LogP contribution is -2.59. The fraction of sp³-hybridized carbons (Fsp3) is 0.684. The molecule has 2 fully saturated rings. The van der Waals surface area contributed by atoms with Gasteiger partial charge in [-0.05, 0) is 56.7 Å². The van der Waals surface area contributed by atoms with Crippen LogP contribution in [0.1, 0.15) is 32.1 Å². The van der Waals surface area contributed by atoms with Crippen molar-refractivity contribution in [1.82, 2.24) is 4.90 Å². The van der Waals surface area contributed by atoms with E-state index >= 15 is 0 Å². The largest absolute Gasteiger partial charge is 0.409 e. The molecule has 1 aromatic carbocycles. The predicted octanol–water partition coefficient (Wildman–Crippen LogP) is 4.95. The molecule has 1 aromatic rings. The fourth-order valence-electron chi connectivity index (χ4n) is 4.17. The first-order valence-corrected chi connectivity index (χ1v) is 10.3. The van der Waals surface area contributed by atoms with Gasteiger partial charge in [-0.15, -0.1) is 0 Å². The minimum Gasteiger partial charge on any atom is -0.356 e. The number of nitrogens with zero attached hydrogens (tertiary/aromatic N) is 2. The van der Waals surface area contributed by atoms with Gasteiger partial charge in [0.05, 0.1) is 15.7 Å². The lowest BCUT2D eigenvalue weighted by Gasteiger charge is -2.44. The van der Waals surface area contributed by atoms with Crippen molar-refractivity contribution in [3.8, 4) is 0 Å². The number of piperazine rings is 1. The Morgan fingerprint density at radius 3 is 2.44 bits per heavy atom. The van der Waals surface area contributed by atoms with Crippen LogP contribution in [-0.2, 0) is 0 Å². The second-order valence-corrected chi connectivity index (χ2v) is 8.48. The molecule has 0 bridgehead atoms. The van der Waals surface area contributed by atoms with Gasteiger partial charge in [0, 0.05) is 25.7 Å². The van der Waals surface area contributed by atoms with Gasteiger partial charge < -0.3 is 10.6 Å². The van der Waals surface area contributed by atoms with Gasteiger partial charge in [-0.25, -0.2) is 0 Å².